The van der Waals surface area contributed by atoms with Crippen molar-refractivity contribution in [3.63, 3.8) is 0 Å². The average molecular weight is 246 g/mol. The molecule has 16 heavy (non-hydrogen) atoms. The van der Waals surface area contributed by atoms with E-state index in [0.29, 0.717) is 6.42 Å². The Bertz CT molecular complexity index is 511. The fourth-order valence-corrected chi connectivity index (χ4v) is 2.34. The summed E-state index contributed by atoms with van der Waals surface area (Å²) in [7, 11) is -3.02. The van der Waals surface area contributed by atoms with E-state index >= 15 is 0 Å². The van der Waals surface area contributed by atoms with Gasteiger partial charge in [0.25, 0.3) is 5.56 Å². The van der Waals surface area contributed by atoms with Gasteiger partial charge >= 0.3 is 0 Å². The second kappa shape index (κ2) is 4.86. The van der Waals surface area contributed by atoms with Gasteiger partial charge in [0.1, 0.15) is 0 Å². The molecule has 1 N–H and O–H groups in total. The van der Waals surface area contributed by atoms with E-state index in [1.165, 1.54) is 4.68 Å². The first-order valence-corrected chi connectivity index (χ1v) is 7.22. The summed E-state index contributed by atoms with van der Waals surface area (Å²) in [5.74, 6) is 0.120. The van der Waals surface area contributed by atoms with E-state index in [2.05, 4.69) is 5.10 Å². The Hall–Kier alpha value is -1.04. The standard InChI is InChI=1S/C10H18N2O3S/c1-4-9-8(3)11-12(10(9)13)6-7-16(14,15)5-2/h11H,4-7H2,1-3H3. The van der Waals surface area contributed by atoms with Crippen molar-refractivity contribution in [1.29, 1.82) is 0 Å². The smallest absolute Gasteiger partial charge is 0.269 e. The third-order valence-corrected chi connectivity index (χ3v) is 4.36. The van der Waals surface area contributed by atoms with Gasteiger partial charge in [-0.3, -0.25) is 14.6 Å². The predicted molar refractivity (Wildman–Crippen MR) is 63.5 cm³/mol. The normalized spacial score (nSPS) is 11.9. The van der Waals surface area contributed by atoms with Crippen LogP contribution >= 0.6 is 0 Å². The van der Waals surface area contributed by atoms with E-state index in [4.69, 9.17) is 0 Å². The highest BCUT2D eigenvalue weighted by Crippen LogP contribution is 2.00. The van der Waals surface area contributed by atoms with Gasteiger partial charge in [0, 0.05) is 17.0 Å². The summed E-state index contributed by atoms with van der Waals surface area (Å²) >= 11 is 0. The van der Waals surface area contributed by atoms with Gasteiger partial charge in [-0.05, 0) is 13.3 Å². The molecule has 1 aromatic rings. The molecule has 0 aromatic carbocycles. The number of aromatic nitrogens is 2. The predicted octanol–water partition coefficient (Wildman–Crippen LogP) is 0.482. The minimum atomic E-state index is -3.02. The summed E-state index contributed by atoms with van der Waals surface area (Å²) in [5, 5.41) is 2.90. The molecule has 92 valence electrons. The Morgan fingerprint density at radius 1 is 1.31 bits per heavy atom. The van der Waals surface area contributed by atoms with E-state index < -0.39 is 9.84 Å². The third kappa shape index (κ3) is 2.75. The number of hydrogen-bond acceptors (Lipinski definition) is 3. The molecule has 1 rings (SSSR count). The number of aromatic amines is 1. The summed E-state index contributed by atoms with van der Waals surface area (Å²) < 4.78 is 24.0. The third-order valence-electron chi connectivity index (χ3n) is 2.68. The lowest BCUT2D eigenvalue weighted by Crippen LogP contribution is -2.24. The van der Waals surface area contributed by atoms with E-state index in [9.17, 15) is 13.2 Å². The van der Waals surface area contributed by atoms with Crippen molar-refractivity contribution in [2.45, 2.75) is 33.7 Å². The summed E-state index contributed by atoms with van der Waals surface area (Å²) in [6, 6.07) is 0. The summed E-state index contributed by atoms with van der Waals surface area (Å²) in [4.78, 5) is 11.8. The maximum Gasteiger partial charge on any atom is 0.269 e. The monoisotopic (exact) mass is 246 g/mol. The highest BCUT2D eigenvalue weighted by Gasteiger charge is 2.12. The summed E-state index contributed by atoms with van der Waals surface area (Å²) in [6.45, 7) is 5.54. The number of hydrogen-bond donors (Lipinski definition) is 1. The second-order valence-electron chi connectivity index (χ2n) is 3.76. The molecule has 0 bridgehead atoms. The minimum absolute atomic E-state index is 0.00646. The zero-order valence-corrected chi connectivity index (χ0v) is 10.7. The highest BCUT2D eigenvalue weighted by atomic mass is 32.2. The van der Waals surface area contributed by atoms with Crippen molar-refractivity contribution in [3.05, 3.63) is 21.6 Å². The Balaban J connectivity index is 2.88. The molecular weight excluding hydrogens is 228 g/mol. The molecule has 5 nitrogen and oxygen atoms in total. The molecule has 0 saturated carbocycles. The quantitative estimate of drug-likeness (QED) is 0.821. The van der Waals surface area contributed by atoms with E-state index in [0.717, 1.165) is 11.3 Å². The largest absolute Gasteiger partial charge is 0.300 e. The molecule has 6 heteroatoms. The molecular formula is C10H18N2O3S. The number of H-pyrrole nitrogens is 1. The Labute approximate surface area is 95.4 Å². The van der Waals surface area contributed by atoms with Gasteiger partial charge in [-0.25, -0.2) is 8.42 Å². The van der Waals surface area contributed by atoms with Crippen LogP contribution in [0.15, 0.2) is 4.79 Å². The van der Waals surface area contributed by atoms with Crippen molar-refractivity contribution in [2.24, 2.45) is 0 Å². The van der Waals surface area contributed by atoms with Gasteiger partial charge < -0.3 is 0 Å². The maximum atomic E-state index is 11.8. The van der Waals surface area contributed by atoms with Gasteiger partial charge in [-0.2, -0.15) is 0 Å². The fraction of sp³-hybridized carbons (Fsp3) is 0.700. The van der Waals surface area contributed by atoms with Crippen LogP contribution in [0.2, 0.25) is 0 Å². The van der Waals surface area contributed by atoms with Crippen LogP contribution in [0, 0.1) is 6.92 Å². The van der Waals surface area contributed by atoms with Crippen LogP contribution in [-0.4, -0.2) is 29.7 Å². The number of sulfone groups is 1. The lowest BCUT2D eigenvalue weighted by Gasteiger charge is -2.01. The van der Waals surface area contributed by atoms with Gasteiger partial charge in [-0.1, -0.05) is 13.8 Å². The molecule has 1 aromatic heterocycles. The Morgan fingerprint density at radius 3 is 2.38 bits per heavy atom. The van der Waals surface area contributed by atoms with Crippen molar-refractivity contribution in [3.8, 4) is 0 Å². The summed E-state index contributed by atoms with van der Waals surface area (Å²) in [6.07, 6.45) is 0.661. The van der Waals surface area contributed by atoms with E-state index in [-0.39, 0.29) is 23.6 Å². The first-order chi connectivity index (χ1) is 7.41. The van der Waals surface area contributed by atoms with Crippen molar-refractivity contribution < 1.29 is 8.42 Å². The second-order valence-corrected chi connectivity index (χ2v) is 6.23. The van der Waals surface area contributed by atoms with Crippen LogP contribution in [0.3, 0.4) is 0 Å². The molecule has 0 saturated heterocycles. The van der Waals surface area contributed by atoms with Crippen LogP contribution in [0.1, 0.15) is 25.1 Å². The van der Waals surface area contributed by atoms with Crippen molar-refractivity contribution in [1.82, 2.24) is 9.78 Å². The Kier molecular flexibility index (Phi) is 3.96. The van der Waals surface area contributed by atoms with Crippen LogP contribution < -0.4 is 5.56 Å². The molecule has 0 aliphatic heterocycles. The average Bonchev–Trinajstić information content (AvgIpc) is 2.51. The van der Waals surface area contributed by atoms with Crippen molar-refractivity contribution >= 4 is 9.84 Å². The zero-order chi connectivity index (χ0) is 12.3. The number of nitrogens with one attached hydrogen (secondary N) is 1. The van der Waals surface area contributed by atoms with Gasteiger partial charge in [0.2, 0.25) is 0 Å². The van der Waals surface area contributed by atoms with E-state index in [1.54, 1.807) is 6.92 Å². The van der Waals surface area contributed by atoms with E-state index in [1.807, 2.05) is 13.8 Å². The molecule has 1 heterocycles. The van der Waals surface area contributed by atoms with Gasteiger partial charge in [0.05, 0.1) is 12.3 Å². The van der Waals surface area contributed by atoms with Crippen LogP contribution in [0.25, 0.3) is 0 Å². The Morgan fingerprint density at radius 2 is 1.94 bits per heavy atom. The molecule has 0 amide bonds. The van der Waals surface area contributed by atoms with Crippen LogP contribution in [-0.2, 0) is 22.8 Å². The summed E-state index contributed by atoms with van der Waals surface area (Å²) in [5.41, 5.74) is 1.45. The van der Waals surface area contributed by atoms with Gasteiger partial charge in [-0.15, -0.1) is 0 Å². The number of nitrogens with zero attached hydrogens (tertiary/aromatic N) is 1. The topological polar surface area (TPSA) is 71.9 Å². The van der Waals surface area contributed by atoms with Gasteiger partial charge in [0.15, 0.2) is 9.84 Å². The van der Waals surface area contributed by atoms with Crippen LogP contribution in [0.4, 0.5) is 0 Å². The lowest BCUT2D eigenvalue weighted by atomic mass is 10.2. The molecule has 0 spiro atoms. The molecule has 0 aliphatic rings. The molecule has 0 radical (unpaired) electrons. The maximum absolute atomic E-state index is 11.8. The zero-order valence-electron chi connectivity index (χ0n) is 9.91. The minimum Gasteiger partial charge on any atom is -0.300 e. The molecule has 0 unspecified atom stereocenters. The molecule has 0 fully saturated rings. The molecule has 0 atom stereocenters. The van der Waals surface area contributed by atoms with Crippen molar-refractivity contribution in [2.75, 3.05) is 11.5 Å². The lowest BCUT2D eigenvalue weighted by molar-refractivity contribution is 0.576. The highest BCUT2D eigenvalue weighted by molar-refractivity contribution is 7.91. The SMILES string of the molecule is CCc1c(C)[nH]n(CCS(=O)(=O)CC)c1=O. The number of aryl methyl sites for hydroxylation is 2. The molecule has 0 aliphatic carbocycles. The first-order valence-electron chi connectivity index (χ1n) is 5.40. The first kappa shape index (κ1) is 13.0. The van der Waals surface area contributed by atoms with Crippen LogP contribution in [0.5, 0.6) is 0 Å². The fourth-order valence-electron chi connectivity index (χ4n) is 1.59. The number of rotatable bonds is 5.